The van der Waals surface area contributed by atoms with Crippen molar-refractivity contribution in [3.05, 3.63) is 12.2 Å². The summed E-state index contributed by atoms with van der Waals surface area (Å²) < 4.78 is 0. The highest BCUT2D eigenvalue weighted by atomic mass is 16.1. The van der Waals surface area contributed by atoms with Crippen molar-refractivity contribution in [2.75, 3.05) is 26.2 Å². The molecule has 15 heavy (non-hydrogen) atoms. The van der Waals surface area contributed by atoms with Gasteiger partial charge in [0.1, 0.15) is 0 Å². The van der Waals surface area contributed by atoms with Gasteiger partial charge in [0, 0.05) is 13.1 Å². The molecule has 86 valence electrons. The fourth-order valence-electron chi connectivity index (χ4n) is 1.96. The molecule has 1 unspecified atom stereocenters. The van der Waals surface area contributed by atoms with Crippen molar-refractivity contribution in [3.8, 4) is 0 Å². The number of carbonyl (C=O) groups excluding carboxylic acids is 1. The van der Waals surface area contributed by atoms with Crippen LogP contribution in [0.2, 0.25) is 0 Å². The van der Waals surface area contributed by atoms with E-state index in [1.807, 2.05) is 6.92 Å². The fourth-order valence-corrected chi connectivity index (χ4v) is 1.96. The summed E-state index contributed by atoms with van der Waals surface area (Å²) in [6.07, 6.45) is 6.00. The largest absolute Gasteiger partial charge is 0.352 e. The molecule has 0 bridgehead atoms. The molecule has 0 aromatic carbocycles. The molecule has 1 heterocycles. The van der Waals surface area contributed by atoms with Crippen LogP contribution in [0.15, 0.2) is 12.2 Å². The average molecular weight is 210 g/mol. The highest BCUT2D eigenvalue weighted by molar-refractivity contribution is 5.87. The minimum Gasteiger partial charge on any atom is -0.352 e. The van der Waals surface area contributed by atoms with Crippen LogP contribution in [-0.4, -0.2) is 37.0 Å². The van der Waals surface area contributed by atoms with Crippen molar-refractivity contribution in [2.45, 2.75) is 26.7 Å². The van der Waals surface area contributed by atoms with E-state index in [2.05, 4.69) is 17.1 Å². The predicted octanol–water partition coefficient (Wildman–Crippen LogP) is 1.41. The average Bonchev–Trinajstić information content (AvgIpc) is 2.68. The normalized spacial score (nSPS) is 19.6. The summed E-state index contributed by atoms with van der Waals surface area (Å²) in [5.41, 5.74) is 0. The summed E-state index contributed by atoms with van der Waals surface area (Å²) in [4.78, 5) is 13.7. The van der Waals surface area contributed by atoms with Crippen LogP contribution in [0.4, 0.5) is 0 Å². The maximum absolute atomic E-state index is 11.2. The van der Waals surface area contributed by atoms with E-state index < -0.39 is 0 Å². The molecule has 0 aliphatic carbocycles. The van der Waals surface area contributed by atoms with E-state index in [1.54, 1.807) is 12.2 Å². The summed E-state index contributed by atoms with van der Waals surface area (Å²) in [5, 5.41) is 2.90. The summed E-state index contributed by atoms with van der Waals surface area (Å²) in [6, 6.07) is 0. The first kappa shape index (κ1) is 12.2. The van der Waals surface area contributed by atoms with Gasteiger partial charge in [0.05, 0.1) is 0 Å². The van der Waals surface area contributed by atoms with Crippen LogP contribution in [0.3, 0.4) is 0 Å². The second-order valence-corrected chi connectivity index (χ2v) is 4.36. The third-order valence-electron chi connectivity index (χ3n) is 2.71. The Morgan fingerprint density at radius 1 is 1.47 bits per heavy atom. The second kappa shape index (κ2) is 6.62. The van der Waals surface area contributed by atoms with Gasteiger partial charge < -0.3 is 10.2 Å². The summed E-state index contributed by atoms with van der Waals surface area (Å²) in [6.45, 7) is 8.39. The van der Waals surface area contributed by atoms with E-state index in [0.29, 0.717) is 5.92 Å². The molecular formula is C12H22N2O. The van der Waals surface area contributed by atoms with Gasteiger partial charge in [-0.1, -0.05) is 13.0 Å². The van der Waals surface area contributed by atoms with Crippen LogP contribution in [0.1, 0.15) is 26.7 Å². The summed E-state index contributed by atoms with van der Waals surface area (Å²) in [5.74, 6) is 0.558. The van der Waals surface area contributed by atoms with Crippen molar-refractivity contribution in [3.63, 3.8) is 0 Å². The van der Waals surface area contributed by atoms with Crippen LogP contribution in [0.25, 0.3) is 0 Å². The van der Waals surface area contributed by atoms with Gasteiger partial charge in [-0.3, -0.25) is 4.79 Å². The molecule has 1 amide bonds. The van der Waals surface area contributed by atoms with Gasteiger partial charge in [-0.15, -0.1) is 0 Å². The zero-order valence-corrected chi connectivity index (χ0v) is 9.83. The number of carbonyl (C=O) groups is 1. The molecule has 0 radical (unpaired) electrons. The molecule has 0 aromatic rings. The molecule has 3 heteroatoms. The van der Waals surface area contributed by atoms with Crippen molar-refractivity contribution in [1.82, 2.24) is 10.2 Å². The van der Waals surface area contributed by atoms with E-state index in [9.17, 15) is 4.79 Å². The molecule has 0 spiro atoms. The number of likely N-dealkylation sites (tertiary alicyclic amines) is 1. The Kier molecular flexibility index (Phi) is 5.40. The van der Waals surface area contributed by atoms with Crippen LogP contribution in [-0.2, 0) is 4.79 Å². The van der Waals surface area contributed by atoms with E-state index in [0.717, 1.165) is 13.1 Å². The quantitative estimate of drug-likeness (QED) is 0.696. The van der Waals surface area contributed by atoms with Gasteiger partial charge in [-0.05, 0) is 44.8 Å². The van der Waals surface area contributed by atoms with Crippen LogP contribution < -0.4 is 5.32 Å². The Labute approximate surface area is 92.5 Å². The van der Waals surface area contributed by atoms with Crippen LogP contribution >= 0.6 is 0 Å². The molecule has 1 fully saturated rings. The lowest BCUT2D eigenvalue weighted by Gasteiger charge is -2.20. The third kappa shape index (κ3) is 4.98. The summed E-state index contributed by atoms with van der Waals surface area (Å²) >= 11 is 0. The topological polar surface area (TPSA) is 32.3 Å². The second-order valence-electron chi connectivity index (χ2n) is 4.36. The zero-order valence-electron chi connectivity index (χ0n) is 9.83. The number of hydrogen-bond acceptors (Lipinski definition) is 2. The monoisotopic (exact) mass is 210 g/mol. The van der Waals surface area contributed by atoms with Gasteiger partial charge in [0.2, 0.25) is 5.91 Å². The predicted molar refractivity (Wildman–Crippen MR) is 62.7 cm³/mol. The lowest BCUT2D eigenvalue weighted by molar-refractivity contribution is -0.116. The number of amides is 1. The molecule has 0 saturated carbocycles. The van der Waals surface area contributed by atoms with Crippen molar-refractivity contribution >= 4 is 5.91 Å². The first-order valence-corrected chi connectivity index (χ1v) is 5.85. The molecular weight excluding hydrogens is 188 g/mol. The molecule has 3 nitrogen and oxygen atoms in total. The Morgan fingerprint density at radius 2 is 2.13 bits per heavy atom. The van der Waals surface area contributed by atoms with Gasteiger partial charge in [-0.25, -0.2) is 0 Å². The molecule has 1 rings (SSSR count). The van der Waals surface area contributed by atoms with Gasteiger partial charge in [-0.2, -0.15) is 0 Å². The molecule has 1 aliphatic rings. The van der Waals surface area contributed by atoms with Crippen molar-refractivity contribution in [1.29, 1.82) is 0 Å². The van der Waals surface area contributed by atoms with Gasteiger partial charge in [0.25, 0.3) is 0 Å². The molecule has 1 N–H and O–H groups in total. The van der Waals surface area contributed by atoms with E-state index in [-0.39, 0.29) is 5.91 Å². The maximum atomic E-state index is 11.2. The lowest BCUT2D eigenvalue weighted by atomic mass is 10.1. The Hall–Kier alpha value is -0.830. The highest BCUT2D eigenvalue weighted by Crippen LogP contribution is 2.09. The zero-order chi connectivity index (χ0) is 11.1. The lowest BCUT2D eigenvalue weighted by Crippen LogP contribution is -2.33. The number of rotatable bonds is 5. The van der Waals surface area contributed by atoms with E-state index in [4.69, 9.17) is 0 Å². The highest BCUT2D eigenvalue weighted by Gasteiger charge is 2.14. The fraction of sp³-hybridized carbons (Fsp3) is 0.750. The Balaban J connectivity index is 2.12. The molecule has 1 saturated heterocycles. The Morgan fingerprint density at radius 3 is 2.73 bits per heavy atom. The molecule has 1 aliphatic heterocycles. The van der Waals surface area contributed by atoms with Crippen LogP contribution in [0.5, 0.6) is 0 Å². The molecule has 0 aromatic heterocycles. The SMILES string of the molecule is CC=CC(=O)NCC(C)CN1CCCC1. The number of hydrogen-bond donors (Lipinski definition) is 1. The van der Waals surface area contributed by atoms with Crippen molar-refractivity contribution < 1.29 is 4.79 Å². The first-order valence-electron chi connectivity index (χ1n) is 5.85. The first-order chi connectivity index (χ1) is 7.22. The van der Waals surface area contributed by atoms with Crippen LogP contribution in [0, 0.1) is 5.92 Å². The third-order valence-corrected chi connectivity index (χ3v) is 2.71. The number of allylic oxidation sites excluding steroid dienone is 1. The van der Waals surface area contributed by atoms with Gasteiger partial charge in [0.15, 0.2) is 0 Å². The maximum Gasteiger partial charge on any atom is 0.243 e. The summed E-state index contributed by atoms with van der Waals surface area (Å²) in [7, 11) is 0. The molecule has 1 atom stereocenters. The van der Waals surface area contributed by atoms with Gasteiger partial charge >= 0.3 is 0 Å². The smallest absolute Gasteiger partial charge is 0.243 e. The van der Waals surface area contributed by atoms with E-state index >= 15 is 0 Å². The standard InChI is InChI=1S/C12H22N2O/c1-3-6-12(15)13-9-11(2)10-14-7-4-5-8-14/h3,6,11H,4-5,7-10H2,1-2H3,(H,13,15). The number of nitrogens with zero attached hydrogens (tertiary/aromatic N) is 1. The van der Waals surface area contributed by atoms with E-state index in [1.165, 1.54) is 25.9 Å². The minimum atomic E-state index is 0.0192. The minimum absolute atomic E-state index is 0.0192. The Bertz CT molecular complexity index is 220. The number of nitrogens with one attached hydrogen (secondary N) is 1. The van der Waals surface area contributed by atoms with Crippen molar-refractivity contribution in [2.24, 2.45) is 5.92 Å².